The van der Waals surface area contributed by atoms with Gasteiger partial charge in [0, 0.05) is 6.07 Å². The van der Waals surface area contributed by atoms with Crippen LogP contribution in [0.15, 0.2) is 59.5 Å². The molecule has 0 saturated heterocycles. The Morgan fingerprint density at radius 2 is 1.79 bits per heavy atom. The summed E-state index contributed by atoms with van der Waals surface area (Å²) < 4.78 is 68.4. The van der Waals surface area contributed by atoms with Gasteiger partial charge in [-0.1, -0.05) is 18.2 Å². The van der Waals surface area contributed by atoms with Gasteiger partial charge in [-0.3, -0.25) is 4.72 Å². The number of rotatable bonds is 4. The number of benzene rings is 2. The van der Waals surface area contributed by atoms with Crippen molar-refractivity contribution in [2.75, 3.05) is 4.72 Å². The predicted octanol–water partition coefficient (Wildman–Crippen LogP) is 3.87. The van der Waals surface area contributed by atoms with Gasteiger partial charge in [-0.25, -0.2) is 13.1 Å². The second-order valence-electron chi connectivity index (χ2n) is 5.84. The molecule has 0 aliphatic rings. The monoisotopic (exact) mass is 406 g/mol. The molecule has 0 aliphatic carbocycles. The van der Waals surface area contributed by atoms with Gasteiger partial charge in [0.1, 0.15) is 5.82 Å². The third-order valence-corrected chi connectivity index (χ3v) is 5.15. The predicted molar refractivity (Wildman–Crippen MR) is 95.3 cm³/mol. The molecule has 0 spiro atoms. The first-order valence-electron chi connectivity index (χ1n) is 7.88. The van der Waals surface area contributed by atoms with E-state index >= 15 is 0 Å². The average Bonchev–Trinajstić information content (AvgIpc) is 3.00. The number of aromatic nitrogens is 2. The highest BCUT2D eigenvalue weighted by atomic mass is 32.2. The minimum atomic E-state index is -4.86. The number of halogens is 3. The Morgan fingerprint density at radius 1 is 1.11 bits per heavy atom. The van der Waals surface area contributed by atoms with E-state index in [1.807, 2.05) is 0 Å². The van der Waals surface area contributed by atoms with Crippen molar-refractivity contribution in [3.05, 3.63) is 71.4 Å². The van der Waals surface area contributed by atoms with Crippen LogP contribution < -0.4 is 4.72 Å². The maximum atomic E-state index is 13.1. The summed E-state index contributed by atoms with van der Waals surface area (Å²) in [6.07, 6.45) is -4.86. The number of anilines is 1. The van der Waals surface area contributed by atoms with Crippen LogP contribution in [-0.4, -0.2) is 18.2 Å². The smallest absolute Gasteiger partial charge is 0.263 e. The molecule has 28 heavy (non-hydrogen) atoms. The van der Waals surface area contributed by atoms with E-state index in [0.717, 1.165) is 12.1 Å². The molecule has 0 fully saturated rings. The van der Waals surface area contributed by atoms with Crippen LogP contribution >= 0.6 is 0 Å². The lowest BCUT2D eigenvalue weighted by atomic mass is 10.1. The molecule has 0 amide bonds. The molecule has 0 aliphatic heterocycles. The van der Waals surface area contributed by atoms with Crippen molar-refractivity contribution in [3.63, 3.8) is 0 Å². The first-order valence-corrected chi connectivity index (χ1v) is 9.36. The molecule has 6 nitrogen and oxygen atoms in total. The molecular formula is C18H13F3N4O2S. The number of nitriles is 1. The molecule has 2 aromatic carbocycles. The highest BCUT2D eigenvalue weighted by Crippen LogP contribution is 2.33. The highest BCUT2D eigenvalue weighted by molar-refractivity contribution is 7.92. The summed E-state index contributed by atoms with van der Waals surface area (Å²) in [5.74, 6) is 0.0709. The van der Waals surface area contributed by atoms with Crippen molar-refractivity contribution in [2.24, 2.45) is 0 Å². The second-order valence-corrected chi connectivity index (χ2v) is 7.52. The lowest BCUT2D eigenvalue weighted by molar-refractivity contribution is -0.137. The lowest BCUT2D eigenvalue weighted by Gasteiger charge is -2.13. The molecule has 3 aromatic rings. The molecule has 1 aromatic heterocycles. The zero-order valence-electron chi connectivity index (χ0n) is 14.4. The van der Waals surface area contributed by atoms with E-state index in [4.69, 9.17) is 5.26 Å². The van der Waals surface area contributed by atoms with E-state index in [9.17, 15) is 21.6 Å². The fourth-order valence-corrected chi connectivity index (χ4v) is 3.62. The summed E-state index contributed by atoms with van der Waals surface area (Å²) in [4.78, 5) is -0.614. The van der Waals surface area contributed by atoms with Gasteiger partial charge in [-0.15, -0.1) is 0 Å². The van der Waals surface area contributed by atoms with Gasteiger partial charge in [0.2, 0.25) is 0 Å². The zero-order valence-corrected chi connectivity index (χ0v) is 15.2. The van der Waals surface area contributed by atoms with E-state index in [-0.39, 0.29) is 5.82 Å². The Labute approximate surface area is 158 Å². The van der Waals surface area contributed by atoms with Crippen LogP contribution in [0.3, 0.4) is 0 Å². The van der Waals surface area contributed by atoms with Crippen LogP contribution in [0.1, 0.15) is 16.8 Å². The van der Waals surface area contributed by atoms with E-state index in [0.29, 0.717) is 17.4 Å². The molecule has 0 bridgehead atoms. The second kappa shape index (κ2) is 7.01. The van der Waals surface area contributed by atoms with Crippen molar-refractivity contribution in [1.29, 1.82) is 5.26 Å². The summed E-state index contributed by atoms with van der Waals surface area (Å²) in [5, 5.41) is 13.1. The van der Waals surface area contributed by atoms with Crippen molar-refractivity contribution >= 4 is 15.8 Å². The topological polar surface area (TPSA) is 87.8 Å². The fraction of sp³-hybridized carbons (Fsp3) is 0.111. The summed E-state index contributed by atoms with van der Waals surface area (Å²) in [6, 6.07) is 13.7. The molecule has 144 valence electrons. The van der Waals surface area contributed by atoms with Crippen molar-refractivity contribution in [2.45, 2.75) is 18.0 Å². The Kier molecular flexibility index (Phi) is 4.87. The average molecular weight is 406 g/mol. The van der Waals surface area contributed by atoms with E-state index < -0.39 is 32.2 Å². The van der Waals surface area contributed by atoms with E-state index in [1.54, 1.807) is 37.3 Å². The van der Waals surface area contributed by atoms with Crippen molar-refractivity contribution < 1.29 is 21.6 Å². The summed E-state index contributed by atoms with van der Waals surface area (Å²) >= 11 is 0. The van der Waals surface area contributed by atoms with Gasteiger partial charge in [-0.05, 0) is 37.3 Å². The normalized spacial score (nSPS) is 11.8. The van der Waals surface area contributed by atoms with Crippen molar-refractivity contribution in [1.82, 2.24) is 9.78 Å². The maximum Gasteiger partial charge on any atom is 0.417 e. The molecule has 10 heteroatoms. The van der Waals surface area contributed by atoms with Crippen LogP contribution in [0.25, 0.3) is 5.69 Å². The minimum Gasteiger partial charge on any atom is -0.263 e. The highest BCUT2D eigenvalue weighted by Gasteiger charge is 2.35. The third-order valence-electron chi connectivity index (χ3n) is 3.80. The summed E-state index contributed by atoms with van der Waals surface area (Å²) in [7, 11) is -4.36. The van der Waals surface area contributed by atoms with E-state index in [1.165, 1.54) is 16.8 Å². The van der Waals surface area contributed by atoms with Gasteiger partial charge in [0.25, 0.3) is 10.0 Å². The SMILES string of the molecule is Cc1cc(NS(=O)(=O)c2ccc(C#N)c(C(F)(F)F)c2)n(-c2ccccc2)n1. The first-order chi connectivity index (χ1) is 13.1. The number of nitrogens with one attached hydrogen (secondary N) is 1. The minimum absolute atomic E-state index is 0.0709. The number of hydrogen-bond acceptors (Lipinski definition) is 4. The number of alkyl halides is 3. The quantitative estimate of drug-likeness (QED) is 0.712. The van der Waals surface area contributed by atoms with Gasteiger partial charge in [-0.2, -0.15) is 23.5 Å². The lowest BCUT2D eigenvalue weighted by Crippen LogP contribution is -2.17. The van der Waals surface area contributed by atoms with Crippen LogP contribution in [0, 0.1) is 18.3 Å². The number of nitrogens with zero attached hydrogens (tertiary/aromatic N) is 3. The zero-order chi connectivity index (χ0) is 20.5. The Hall–Kier alpha value is -3.32. The van der Waals surface area contributed by atoms with Gasteiger partial charge in [0.05, 0.1) is 33.5 Å². The van der Waals surface area contributed by atoms with Gasteiger partial charge < -0.3 is 0 Å². The summed E-state index contributed by atoms with van der Waals surface area (Å²) in [6.45, 7) is 1.65. The molecular weight excluding hydrogens is 393 g/mol. The largest absolute Gasteiger partial charge is 0.417 e. The maximum absolute atomic E-state index is 13.1. The Balaban J connectivity index is 2.04. The van der Waals surface area contributed by atoms with Crippen LogP contribution in [-0.2, 0) is 16.2 Å². The van der Waals surface area contributed by atoms with Crippen LogP contribution in [0.2, 0.25) is 0 Å². The fourth-order valence-electron chi connectivity index (χ4n) is 2.56. The third kappa shape index (κ3) is 3.84. The Bertz CT molecular complexity index is 1160. The molecule has 1 heterocycles. The molecule has 0 saturated carbocycles. The molecule has 0 unspecified atom stereocenters. The van der Waals surface area contributed by atoms with Gasteiger partial charge in [0.15, 0.2) is 0 Å². The number of para-hydroxylation sites is 1. The van der Waals surface area contributed by atoms with Crippen molar-refractivity contribution in [3.8, 4) is 11.8 Å². The Morgan fingerprint density at radius 3 is 2.39 bits per heavy atom. The summed E-state index contributed by atoms with van der Waals surface area (Å²) in [5.41, 5.74) is -0.885. The number of aryl methyl sites for hydroxylation is 1. The molecule has 0 atom stereocenters. The van der Waals surface area contributed by atoms with Gasteiger partial charge >= 0.3 is 6.18 Å². The molecule has 1 N–H and O–H groups in total. The molecule has 3 rings (SSSR count). The first kappa shape index (κ1) is 19.4. The van der Waals surface area contributed by atoms with Crippen LogP contribution in [0.4, 0.5) is 19.0 Å². The van der Waals surface area contributed by atoms with E-state index in [2.05, 4.69) is 9.82 Å². The number of sulfonamides is 1. The standard InChI is InChI=1S/C18H13F3N4O2S/c1-12-9-17(25(23-12)14-5-3-2-4-6-14)24-28(26,27)15-8-7-13(11-22)16(10-15)18(19,20)21/h2-10,24H,1H3. The molecule has 0 radical (unpaired) electrons. The van der Waals surface area contributed by atoms with Crippen LogP contribution in [0.5, 0.6) is 0 Å². The number of hydrogen-bond donors (Lipinski definition) is 1.